The van der Waals surface area contributed by atoms with E-state index < -0.39 is 0 Å². The molecule has 0 unspecified atom stereocenters. The molecule has 1 N–H and O–H groups in total. The van der Waals surface area contributed by atoms with E-state index in [0.29, 0.717) is 0 Å². The topological polar surface area (TPSA) is 12.0 Å². The van der Waals surface area contributed by atoms with Gasteiger partial charge in [-0.2, -0.15) is 0 Å². The number of allylic oxidation sites excluding steroid dienone is 4. The van der Waals surface area contributed by atoms with Crippen LogP contribution in [-0.2, 0) is 0 Å². The molecule has 0 amide bonds. The zero-order valence-electron chi connectivity index (χ0n) is 9.43. The quantitative estimate of drug-likeness (QED) is 0.517. The Labute approximate surface area is 83.6 Å². The molecule has 0 radical (unpaired) electrons. The van der Waals surface area contributed by atoms with Gasteiger partial charge in [0, 0.05) is 12.7 Å². The zero-order valence-corrected chi connectivity index (χ0v) is 9.43. The second-order valence-electron chi connectivity index (χ2n) is 1.72. The van der Waals surface area contributed by atoms with Crippen LogP contribution in [0.1, 0.15) is 20.8 Å². The molecule has 13 heavy (non-hydrogen) atoms. The van der Waals surface area contributed by atoms with Crippen molar-refractivity contribution in [3.8, 4) is 0 Å². The van der Waals surface area contributed by atoms with Crippen LogP contribution in [0.5, 0.6) is 0 Å². The van der Waals surface area contributed by atoms with E-state index in [9.17, 15) is 0 Å². The molecule has 0 fully saturated rings. The molecule has 0 aliphatic carbocycles. The first-order chi connectivity index (χ1) is 6.26. The third kappa shape index (κ3) is 24.9. The average Bonchev–Trinajstić information content (AvgIpc) is 2.18. The van der Waals surface area contributed by atoms with Crippen molar-refractivity contribution in [3.63, 3.8) is 0 Å². The van der Waals surface area contributed by atoms with E-state index in [0.717, 1.165) is 5.70 Å². The van der Waals surface area contributed by atoms with Crippen LogP contribution in [0.15, 0.2) is 49.7 Å². The maximum Gasteiger partial charge on any atom is 0.0331 e. The molecule has 0 heterocycles. The summed E-state index contributed by atoms with van der Waals surface area (Å²) in [5, 5.41) is 2.92. The van der Waals surface area contributed by atoms with Gasteiger partial charge in [0.15, 0.2) is 0 Å². The highest BCUT2D eigenvalue weighted by molar-refractivity contribution is 5.18. The SMILES string of the molecule is C=C/C=C(\C=C)NC.C=CC.CC. The Balaban J connectivity index is -0.000000169. The summed E-state index contributed by atoms with van der Waals surface area (Å²) in [5.74, 6) is 0. The molecule has 1 nitrogen and oxygen atoms in total. The second kappa shape index (κ2) is 22.4. The van der Waals surface area contributed by atoms with Gasteiger partial charge in [-0.15, -0.1) is 6.58 Å². The molecule has 0 spiro atoms. The minimum Gasteiger partial charge on any atom is -0.388 e. The van der Waals surface area contributed by atoms with Crippen molar-refractivity contribution < 1.29 is 0 Å². The summed E-state index contributed by atoms with van der Waals surface area (Å²) in [6.07, 6.45) is 7.06. The Morgan fingerprint density at radius 1 is 1.15 bits per heavy atom. The van der Waals surface area contributed by atoms with Crippen LogP contribution in [0, 0.1) is 0 Å². The number of likely N-dealkylation sites (N-methyl/N-ethyl adjacent to an activating group) is 1. The molecule has 0 aliphatic rings. The van der Waals surface area contributed by atoms with Gasteiger partial charge in [0.05, 0.1) is 0 Å². The number of hydrogen-bond donors (Lipinski definition) is 1. The Hall–Kier alpha value is -1.24. The molecule has 0 rings (SSSR count). The zero-order chi connectivity index (χ0) is 11.1. The van der Waals surface area contributed by atoms with Crippen molar-refractivity contribution in [1.29, 1.82) is 0 Å². The highest BCUT2D eigenvalue weighted by atomic mass is 14.8. The van der Waals surface area contributed by atoms with Crippen LogP contribution in [0.2, 0.25) is 0 Å². The lowest BCUT2D eigenvalue weighted by Crippen LogP contribution is -2.01. The van der Waals surface area contributed by atoms with Crippen LogP contribution < -0.4 is 5.32 Å². The maximum absolute atomic E-state index is 3.57. The summed E-state index contributed by atoms with van der Waals surface area (Å²) in [5.41, 5.74) is 0.986. The Morgan fingerprint density at radius 3 is 1.62 bits per heavy atom. The maximum atomic E-state index is 3.57. The normalized spacial score (nSPS) is 7.85. The van der Waals surface area contributed by atoms with Gasteiger partial charge >= 0.3 is 0 Å². The first-order valence-electron chi connectivity index (χ1n) is 4.46. The predicted octanol–water partition coefficient (Wildman–Crippen LogP) is 3.68. The van der Waals surface area contributed by atoms with Gasteiger partial charge < -0.3 is 5.32 Å². The lowest BCUT2D eigenvalue weighted by atomic mass is 10.4. The highest BCUT2D eigenvalue weighted by Gasteiger charge is 1.76. The summed E-state index contributed by atoms with van der Waals surface area (Å²) in [6, 6.07) is 0. The number of nitrogens with one attached hydrogen (secondary N) is 1. The van der Waals surface area contributed by atoms with Crippen molar-refractivity contribution >= 4 is 0 Å². The van der Waals surface area contributed by atoms with E-state index in [2.05, 4.69) is 25.1 Å². The Kier molecular flexibility index (Phi) is 30.6. The molecular formula is C12H23N. The summed E-state index contributed by atoms with van der Waals surface area (Å²) < 4.78 is 0. The first-order valence-corrected chi connectivity index (χ1v) is 4.46. The van der Waals surface area contributed by atoms with Gasteiger partial charge in [0.1, 0.15) is 0 Å². The van der Waals surface area contributed by atoms with E-state index in [4.69, 9.17) is 0 Å². The van der Waals surface area contributed by atoms with Crippen molar-refractivity contribution in [1.82, 2.24) is 5.32 Å². The summed E-state index contributed by atoms with van der Waals surface area (Å²) in [6.45, 7) is 16.4. The van der Waals surface area contributed by atoms with Gasteiger partial charge in [0.2, 0.25) is 0 Å². The van der Waals surface area contributed by atoms with Gasteiger partial charge in [-0.1, -0.05) is 39.2 Å². The van der Waals surface area contributed by atoms with Crippen molar-refractivity contribution in [2.24, 2.45) is 0 Å². The van der Waals surface area contributed by atoms with E-state index in [1.54, 1.807) is 18.2 Å². The number of hydrogen-bond acceptors (Lipinski definition) is 1. The summed E-state index contributed by atoms with van der Waals surface area (Å²) >= 11 is 0. The lowest BCUT2D eigenvalue weighted by molar-refractivity contribution is 1.03. The average molecular weight is 181 g/mol. The van der Waals surface area contributed by atoms with Crippen LogP contribution in [0.4, 0.5) is 0 Å². The van der Waals surface area contributed by atoms with Crippen LogP contribution in [0.3, 0.4) is 0 Å². The molecule has 0 aromatic heterocycles. The molecule has 0 saturated heterocycles. The van der Waals surface area contributed by atoms with E-state index >= 15 is 0 Å². The molecule has 0 aliphatic heterocycles. The molecular weight excluding hydrogens is 158 g/mol. The number of rotatable bonds is 3. The van der Waals surface area contributed by atoms with Crippen LogP contribution >= 0.6 is 0 Å². The molecule has 76 valence electrons. The molecule has 1 heteroatoms. The minimum atomic E-state index is 0.986. The highest BCUT2D eigenvalue weighted by Crippen LogP contribution is 1.86. The molecule has 0 aromatic rings. The molecule has 0 bridgehead atoms. The standard InChI is InChI=1S/C7H11N.C3H6.C2H6/c1-4-6-7(5-2)8-3;1-3-2;1-2/h4-6,8H,1-2H2,3H3;3H,1H2,2H3;1-2H3/b7-6+;;. The van der Waals surface area contributed by atoms with Crippen LogP contribution in [-0.4, -0.2) is 7.05 Å². The summed E-state index contributed by atoms with van der Waals surface area (Å²) in [7, 11) is 1.84. The molecule has 0 aromatic carbocycles. The smallest absolute Gasteiger partial charge is 0.0331 e. The molecule has 0 atom stereocenters. The second-order valence-corrected chi connectivity index (χ2v) is 1.72. The third-order valence-electron chi connectivity index (χ3n) is 0.806. The Bertz CT molecular complexity index is 143. The van der Waals surface area contributed by atoms with E-state index in [1.807, 2.05) is 33.9 Å². The minimum absolute atomic E-state index is 0.986. The third-order valence-corrected chi connectivity index (χ3v) is 0.806. The van der Waals surface area contributed by atoms with E-state index in [-0.39, 0.29) is 0 Å². The van der Waals surface area contributed by atoms with Gasteiger partial charge in [-0.25, -0.2) is 0 Å². The fraction of sp³-hybridized carbons (Fsp3) is 0.333. The first kappa shape index (κ1) is 17.7. The predicted molar refractivity (Wildman–Crippen MR) is 64.8 cm³/mol. The van der Waals surface area contributed by atoms with Gasteiger partial charge in [0.25, 0.3) is 0 Å². The van der Waals surface area contributed by atoms with Crippen molar-refractivity contribution in [2.75, 3.05) is 7.05 Å². The van der Waals surface area contributed by atoms with Crippen molar-refractivity contribution in [2.45, 2.75) is 20.8 Å². The molecule has 0 saturated carbocycles. The monoisotopic (exact) mass is 181 g/mol. The lowest BCUT2D eigenvalue weighted by Gasteiger charge is -1.94. The largest absolute Gasteiger partial charge is 0.388 e. The Morgan fingerprint density at radius 2 is 1.54 bits per heavy atom. The van der Waals surface area contributed by atoms with Gasteiger partial charge in [-0.05, 0) is 19.1 Å². The fourth-order valence-corrected chi connectivity index (χ4v) is 0.380. The van der Waals surface area contributed by atoms with Crippen molar-refractivity contribution in [3.05, 3.63) is 49.7 Å². The summed E-state index contributed by atoms with van der Waals surface area (Å²) in [4.78, 5) is 0. The fourth-order valence-electron chi connectivity index (χ4n) is 0.380. The van der Waals surface area contributed by atoms with Gasteiger partial charge in [-0.3, -0.25) is 0 Å². The van der Waals surface area contributed by atoms with Crippen LogP contribution in [0.25, 0.3) is 0 Å². The van der Waals surface area contributed by atoms with E-state index in [1.165, 1.54) is 0 Å².